The number of aromatic nitrogens is 2. The van der Waals surface area contributed by atoms with Gasteiger partial charge in [0.1, 0.15) is 0 Å². The number of rotatable bonds is 6. The van der Waals surface area contributed by atoms with Crippen molar-refractivity contribution < 1.29 is 9.26 Å². The van der Waals surface area contributed by atoms with Crippen LogP contribution in [0, 0.1) is 0 Å². The van der Waals surface area contributed by atoms with Crippen molar-refractivity contribution in [3.8, 4) is 0 Å². The normalized spacial score (nSPS) is 12.0. The number of aliphatic imine (C=N–C) groups is 1. The third-order valence-electron chi connectivity index (χ3n) is 2.49. The summed E-state index contributed by atoms with van der Waals surface area (Å²) in [5.41, 5.74) is -0.136. The fourth-order valence-electron chi connectivity index (χ4n) is 1.40. The van der Waals surface area contributed by atoms with Crippen molar-refractivity contribution in [1.29, 1.82) is 0 Å². The molecule has 0 saturated heterocycles. The predicted molar refractivity (Wildman–Crippen MR) is 93.1 cm³/mol. The molecule has 0 radical (unpaired) electrons. The van der Waals surface area contributed by atoms with Gasteiger partial charge in [-0.15, -0.1) is 24.0 Å². The Balaban J connectivity index is 0.00000400. The zero-order valence-electron chi connectivity index (χ0n) is 13.4. The molecule has 7 nitrogen and oxygen atoms in total. The van der Waals surface area contributed by atoms with E-state index in [-0.39, 0.29) is 29.4 Å². The maximum Gasteiger partial charge on any atom is 0.232 e. The minimum Gasteiger partial charge on any atom is -0.380 e. The number of hydrogen-bond acceptors (Lipinski definition) is 5. The van der Waals surface area contributed by atoms with Gasteiger partial charge in [0.15, 0.2) is 11.8 Å². The number of hydrogen-bond donors (Lipinski definition) is 2. The third kappa shape index (κ3) is 7.60. The van der Waals surface area contributed by atoms with Crippen molar-refractivity contribution >= 4 is 29.9 Å². The molecule has 0 bridgehead atoms. The van der Waals surface area contributed by atoms with Crippen LogP contribution in [0.4, 0.5) is 0 Å². The zero-order valence-corrected chi connectivity index (χ0v) is 15.7. The molecule has 1 heterocycles. The van der Waals surface area contributed by atoms with Gasteiger partial charge in [-0.3, -0.25) is 4.99 Å². The lowest BCUT2D eigenvalue weighted by molar-refractivity contribution is 0.152. The van der Waals surface area contributed by atoms with Crippen molar-refractivity contribution in [2.75, 3.05) is 26.8 Å². The summed E-state index contributed by atoms with van der Waals surface area (Å²) in [5, 5.41) is 10.2. The molecule has 0 aromatic carbocycles. The van der Waals surface area contributed by atoms with Crippen molar-refractivity contribution in [2.24, 2.45) is 4.99 Å². The van der Waals surface area contributed by atoms with Gasteiger partial charge in [-0.05, 0) is 6.92 Å². The zero-order chi connectivity index (χ0) is 15.0. The van der Waals surface area contributed by atoms with Crippen LogP contribution < -0.4 is 10.6 Å². The van der Waals surface area contributed by atoms with Crippen LogP contribution in [0.15, 0.2) is 9.52 Å². The average Bonchev–Trinajstić information content (AvgIpc) is 2.87. The summed E-state index contributed by atoms with van der Waals surface area (Å²) in [7, 11) is 1.72. The largest absolute Gasteiger partial charge is 0.380 e. The van der Waals surface area contributed by atoms with Crippen molar-refractivity contribution in [1.82, 2.24) is 20.8 Å². The first kappa shape index (κ1) is 20.1. The maximum atomic E-state index is 5.25. The Morgan fingerprint density at radius 2 is 2.05 bits per heavy atom. The third-order valence-corrected chi connectivity index (χ3v) is 2.49. The molecule has 1 aromatic heterocycles. The molecule has 2 N–H and O–H groups in total. The summed E-state index contributed by atoms with van der Waals surface area (Å²) in [6.07, 6.45) is 0. The summed E-state index contributed by atoms with van der Waals surface area (Å²) in [6, 6.07) is 0. The first-order valence-electron chi connectivity index (χ1n) is 6.82. The molecular weight excluding hydrogens is 385 g/mol. The Kier molecular flexibility index (Phi) is 9.51. The highest BCUT2D eigenvalue weighted by Crippen LogP contribution is 2.19. The summed E-state index contributed by atoms with van der Waals surface area (Å²) in [4.78, 5) is 8.46. The van der Waals surface area contributed by atoms with Gasteiger partial charge in [0, 0.05) is 25.6 Å². The summed E-state index contributed by atoms with van der Waals surface area (Å²) >= 11 is 0. The lowest BCUT2D eigenvalue weighted by Crippen LogP contribution is -2.38. The molecular formula is C13H26IN5O2. The van der Waals surface area contributed by atoms with E-state index in [0.717, 1.165) is 0 Å². The van der Waals surface area contributed by atoms with Gasteiger partial charge in [-0.2, -0.15) is 4.98 Å². The van der Waals surface area contributed by atoms with Crippen LogP contribution in [-0.4, -0.2) is 42.9 Å². The van der Waals surface area contributed by atoms with E-state index in [4.69, 9.17) is 9.26 Å². The van der Waals surface area contributed by atoms with E-state index in [9.17, 15) is 0 Å². The minimum absolute atomic E-state index is 0. The number of halogens is 1. The van der Waals surface area contributed by atoms with Crippen molar-refractivity contribution in [2.45, 2.75) is 39.7 Å². The van der Waals surface area contributed by atoms with Crippen LogP contribution in [-0.2, 0) is 16.7 Å². The molecule has 0 atom stereocenters. The lowest BCUT2D eigenvalue weighted by atomic mass is 9.97. The molecule has 0 aliphatic heterocycles. The van der Waals surface area contributed by atoms with Crippen molar-refractivity contribution in [3.63, 3.8) is 0 Å². The van der Waals surface area contributed by atoms with Crippen LogP contribution in [0.1, 0.15) is 39.4 Å². The van der Waals surface area contributed by atoms with Gasteiger partial charge in [-0.25, -0.2) is 0 Å². The van der Waals surface area contributed by atoms with Crippen LogP contribution in [0.5, 0.6) is 0 Å². The fourth-order valence-corrected chi connectivity index (χ4v) is 1.40. The number of guanidine groups is 1. The Labute approximate surface area is 143 Å². The highest BCUT2D eigenvalue weighted by atomic mass is 127. The molecule has 0 amide bonds. The van der Waals surface area contributed by atoms with Crippen molar-refractivity contribution in [3.05, 3.63) is 11.7 Å². The minimum atomic E-state index is -0.136. The second kappa shape index (κ2) is 9.93. The summed E-state index contributed by atoms with van der Waals surface area (Å²) in [6.45, 7) is 10.6. The maximum absolute atomic E-state index is 5.25. The molecule has 0 unspecified atom stereocenters. The van der Waals surface area contributed by atoms with E-state index in [0.29, 0.717) is 44.0 Å². The molecule has 1 rings (SSSR count). The lowest BCUT2D eigenvalue weighted by Gasteiger charge is -2.11. The van der Waals surface area contributed by atoms with Crippen LogP contribution in [0.2, 0.25) is 0 Å². The highest BCUT2D eigenvalue weighted by molar-refractivity contribution is 14.0. The molecule has 0 saturated carbocycles. The second-order valence-electron chi connectivity index (χ2n) is 5.32. The first-order valence-corrected chi connectivity index (χ1v) is 6.82. The molecule has 21 heavy (non-hydrogen) atoms. The quantitative estimate of drug-likeness (QED) is 0.321. The molecule has 0 aliphatic carbocycles. The summed E-state index contributed by atoms with van der Waals surface area (Å²) in [5.74, 6) is 1.93. The summed E-state index contributed by atoms with van der Waals surface area (Å²) < 4.78 is 10.5. The molecule has 1 aromatic rings. The Bertz CT molecular complexity index is 428. The number of nitrogens with one attached hydrogen (secondary N) is 2. The van der Waals surface area contributed by atoms with E-state index in [1.165, 1.54) is 0 Å². The fraction of sp³-hybridized carbons (Fsp3) is 0.769. The van der Waals surface area contributed by atoms with E-state index >= 15 is 0 Å². The molecule has 0 aliphatic rings. The highest BCUT2D eigenvalue weighted by Gasteiger charge is 2.21. The van der Waals surface area contributed by atoms with Gasteiger partial charge < -0.3 is 19.9 Å². The Hall–Kier alpha value is -0.900. The first-order chi connectivity index (χ1) is 9.47. The van der Waals surface area contributed by atoms with Gasteiger partial charge in [-0.1, -0.05) is 25.9 Å². The van der Waals surface area contributed by atoms with Gasteiger partial charge in [0.2, 0.25) is 5.89 Å². The van der Waals surface area contributed by atoms with E-state index in [2.05, 4.69) is 25.8 Å². The van der Waals surface area contributed by atoms with Gasteiger partial charge >= 0.3 is 0 Å². The van der Waals surface area contributed by atoms with Crippen LogP contribution >= 0.6 is 24.0 Å². The molecule has 0 spiro atoms. The molecule has 0 fully saturated rings. The molecule has 122 valence electrons. The van der Waals surface area contributed by atoms with E-state index in [1.54, 1.807) is 7.05 Å². The SMILES string of the molecule is CCOCCNC(=NC)NCc1noc(C(C)(C)C)n1.I. The van der Waals surface area contributed by atoms with Crippen LogP contribution in [0.3, 0.4) is 0 Å². The van der Waals surface area contributed by atoms with Gasteiger partial charge in [0.05, 0.1) is 13.2 Å². The van der Waals surface area contributed by atoms with E-state index in [1.807, 2.05) is 27.7 Å². The molecule has 8 heteroatoms. The Morgan fingerprint density at radius 3 is 2.57 bits per heavy atom. The van der Waals surface area contributed by atoms with Gasteiger partial charge in [0.25, 0.3) is 0 Å². The monoisotopic (exact) mass is 411 g/mol. The predicted octanol–water partition coefficient (Wildman–Crippen LogP) is 1.69. The smallest absolute Gasteiger partial charge is 0.232 e. The topological polar surface area (TPSA) is 84.6 Å². The number of ether oxygens (including phenoxy) is 1. The number of nitrogens with zero attached hydrogens (tertiary/aromatic N) is 3. The van der Waals surface area contributed by atoms with E-state index < -0.39 is 0 Å². The Morgan fingerprint density at radius 1 is 1.33 bits per heavy atom. The van der Waals surface area contributed by atoms with Crippen LogP contribution in [0.25, 0.3) is 0 Å². The average molecular weight is 411 g/mol. The second-order valence-corrected chi connectivity index (χ2v) is 5.32. The standard InChI is InChI=1S/C13H25N5O2.HI/c1-6-19-8-7-15-12(14-5)16-9-10-17-11(20-18-10)13(2,3)4;/h6-9H2,1-5H3,(H2,14,15,16);1H.